The summed E-state index contributed by atoms with van der Waals surface area (Å²) in [6.07, 6.45) is 1.60. The molecular weight excluding hydrogens is 214 g/mol. The predicted molar refractivity (Wildman–Crippen MR) is 59.6 cm³/mol. The van der Waals surface area contributed by atoms with E-state index in [1.807, 2.05) is 19.1 Å². The summed E-state index contributed by atoms with van der Waals surface area (Å²) in [5.41, 5.74) is 5.82. The molecular formula is C10H15NO3S. The van der Waals surface area contributed by atoms with Crippen LogP contribution in [0, 0.1) is 0 Å². The van der Waals surface area contributed by atoms with Gasteiger partial charge in [0.05, 0.1) is 24.4 Å². The van der Waals surface area contributed by atoms with Gasteiger partial charge < -0.3 is 14.9 Å². The van der Waals surface area contributed by atoms with E-state index in [0.29, 0.717) is 0 Å². The van der Waals surface area contributed by atoms with Crippen LogP contribution in [0.2, 0.25) is 0 Å². The number of nitrogens with two attached hydrogens (primary N) is 1. The lowest BCUT2D eigenvalue weighted by molar-refractivity contribution is -0.137. The zero-order chi connectivity index (χ0) is 11.3. The number of carbonyl (C=O) groups excluding carboxylic acids is 1. The number of hydrogen-bond acceptors (Lipinski definition) is 5. The van der Waals surface area contributed by atoms with Crippen LogP contribution < -0.4 is 5.73 Å². The maximum atomic E-state index is 11.0. The summed E-state index contributed by atoms with van der Waals surface area (Å²) in [5, 5.41) is -0.0147. The molecule has 0 aliphatic carbocycles. The first-order valence-electron chi connectivity index (χ1n) is 4.62. The van der Waals surface area contributed by atoms with Gasteiger partial charge in [-0.15, -0.1) is 11.8 Å². The van der Waals surface area contributed by atoms with E-state index in [0.717, 1.165) is 5.76 Å². The molecule has 0 bridgehead atoms. The van der Waals surface area contributed by atoms with Gasteiger partial charge in [0.2, 0.25) is 0 Å². The van der Waals surface area contributed by atoms with Crippen molar-refractivity contribution in [3.8, 4) is 0 Å². The Hall–Kier alpha value is -0.940. The number of methoxy groups -OCH3 is 1. The van der Waals surface area contributed by atoms with Crippen molar-refractivity contribution in [2.75, 3.05) is 12.9 Å². The third-order valence-electron chi connectivity index (χ3n) is 1.91. The molecule has 0 spiro atoms. The highest BCUT2D eigenvalue weighted by Gasteiger charge is 2.20. The normalized spacial score (nSPS) is 14.6. The Morgan fingerprint density at radius 2 is 2.47 bits per heavy atom. The van der Waals surface area contributed by atoms with Crippen LogP contribution in [0.1, 0.15) is 17.9 Å². The molecule has 15 heavy (non-hydrogen) atoms. The Balaban J connectivity index is 2.56. The molecule has 2 unspecified atom stereocenters. The van der Waals surface area contributed by atoms with Gasteiger partial charge >= 0.3 is 5.97 Å². The topological polar surface area (TPSA) is 65.5 Å². The molecule has 0 aliphatic heterocycles. The molecule has 1 aromatic heterocycles. The van der Waals surface area contributed by atoms with E-state index in [-0.39, 0.29) is 23.0 Å². The summed E-state index contributed by atoms with van der Waals surface area (Å²) >= 11 is 1.43. The van der Waals surface area contributed by atoms with Crippen LogP contribution in [0.15, 0.2) is 22.8 Å². The molecule has 1 heterocycles. The largest absolute Gasteiger partial charge is 0.468 e. The Morgan fingerprint density at radius 3 is 2.93 bits per heavy atom. The first-order valence-corrected chi connectivity index (χ1v) is 5.67. The molecule has 1 aromatic rings. The highest BCUT2D eigenvalue weighted by atomic mass is 32.2. The van der Waals surface area contributed by atoms with Crippen molar-refractivity contribution in [3.05, 3.63) is 24.2 Å². The molecule has 0 amide bonds. The maximum absolute atomic E-state index is 11.0. The molecule has 5 heteroatoms. The van der Waals surface area contributed by atoms with Crippen molar-refractivity contribution in [3.63, 3.8) is 0 Å². The molecule has 0 saturated carbocycles. The van der Waals surface area contributed by atoms with E-state index in [4.69, 9.17) is 10.2 Å². The fourth-order valence-corrected chi connectivity index (χ4v) is 2.20. The van der Waals surface area contributed by atoms with E-state index in [1.165, 1.54) is 18.9 Å². The third-order valence-corrected chi connectivity index (χ3v) is 3.33. The zero-order valence-corrected chi connectivity index (χ0v) is 9.62. The van der Waals surface area contributed by atoms with E-state index in [9.17, 15) is 4.79 Å². The summed E-state index contributed by atoms with van der Waals surface area (Å²) in [7, 11) is 1.37. The highest BCUT2D eigenvalue weighted by molar-refractivity contribution is 8.00. The number of carbonyl (C=O) groups is 1. The lowest BCUT2D eigenvalue weighted by atomic mass is 10.2. The van der Waals surface area contributed by atoms with Crippen LogP contribution in [0.4, 0.5) is 0 Å². The molecule has 0 aliphatic rings. The second-order valence-electron chi connectivity index (χ2n) is 3.18. The summed E-state index contributed by atoms with van der Waals surface area (Å²) in [4.78, 5) is 11.0. The molecule has 2 N–H and O–H groups in total. The minimum absolute atomic E-state index is 0.0147. The van der Waals surface area contributed by atoms with Gasteiger partial charge in [0.25, 0.3) is 0 Å². The van der Waals surface area contributed by atoms with Crippen molar-refractivity contribution in [1.29, 1.82) is 0 Å². The smallest absolute Gasteiger partial charge is 0.315 e. The molecule has 0 fully saturated rings. The van der Waals surface area contributed by atoms with E-state index < -0.39 is 0 Å². The molecule has 0 aromatic carbocycles. The average Bonchev–Trinajstić information content (AvgIpc) is 2.70. The van der Waals surface area contributed by atoms with Crippen molar-refractivity contribution in [2.24, 2.45) is 5.73 Å². The summed E-state index contributed by atoms with van der Waals surface area (Å²) in [6, 6.07) is 3.59. The fourth-order valence-electron chi connectivity index (χ4n) is 1.16. The summed E-state index contributed by atoms with van der Waals surface area (Å²) < 4.78 is 9.84. The number of hydrogen-bond donors (Lipinski definition) is 1. The van der Waals surface area contributed by atoms with E-state index in [1.54, 1.807) is 6.26 Å². The van der Waals surface area contributed by atoms with Crippen molar-refractivity contribution < 1.29 is 13.9 Å². The Labute approximate surface area is 93.2 Å². The lowest BCUT2D eigenvalue weighted by Gasteiger charge is -2.17. The number of ether oxygens (including phenoxy) is 1. The Morgan fingerprint density at radius 1 is 1.73 bits per heavy atom. The Kier molecular flexibility index (Phi) is 4.71. The first kappa shape index (κ1) is 12.1. The van der Waals surface area contributed by atoms with Gasteiger partial charge in [-0.25, -0.2) is 0 Å². The van der Waals surface area contributed by atoms with Gasteiger partial charge in [0.1, 0.15) is 5.76 Å². The fraction of sp³-hybridized carbons (Fsp3) is 0.500. The second kappa shape index (κ2) is 5.82. The van der Waals surface area contributed by atoms with Crippen LogP contribution in [0.25, 0.3) is 0 Å². The standard InChI is InChI=1S/C10H15NO3S/c1-7(11)10(8-4-3-5-14-8)15-6-9(12)13-2/h3-5,7,10H,6,11H2,1-2H3. The van der Waals surface area contributed by atoms with Crippen LogP contribution in [-0.4, -0.2) is 24.9 Å². The van der Waals surface area contributed by atoms with Crippen molar-refractivity contribution >= 4 is 17.7 Å². The third kappa shape index (κ3) is 3.60. The van der Waals surface area contributed by atoms with Gasteiger partial charge in [0.15, 0.2) is 0 Å². The monoisotopic (exact) mass is 229 g/mol. The van der Waals surface area contributed by atoms with Crippen molar-refractivity contribution in [2.45, 2.75) is 18.2 Å². The zero-order valence-electron chi connectivity index (χ0n) is 8.80. The second-order valence-corrected chi connectivity index (χ2v) is 4.31. The van der Waals surface area contributed by atoms with Crippen LogP contribution >= 0.6 is 11.8 Å². The minimum Gasteiger partial charge on any atom is -0.468 e. The highest BCUT2D eigenvalue weighted by Crippen LogP contribution is 2.31. The molecule has 4 nitrogen and oxygen atoms in total. The van der Waals surface area contributed by atoms with Gasteiger partial charge in [-0.2, -0.15) is 0 Å². The van der Waals surface area contributed by atoms with Gasteiger partial charge in [-0.1, -0.05) is 0 Å². The maximum Gasteiger partial charge on any atom is 0.315 e. The van der Waals surface area contributed by atoms with Crippen LogP contribution in [-0.2, 0) is 9.53 Å². The molecule has 0 saturated heterocycles. The summed E-state index contributed by atoms with van der Waals surface area (Å²) in [5.74, 6) is 0.819. The van der Waals surface area contributed by atoms with E-state index in [2.05, 4.69) is 4.74 Å². The SMILES string of the molecule is COC(=O)CSC(c1ccco1)C(C)N. The lowest BCUT2D eigenvalue weighted by Crippen LogP contribution is -2.23. The number of thioether (sulfide) groups is 1. The number of rotatable bonds is 5. The molecule has 2 atom stereocenters. The van der Waals surface area contributed by atoms with Gasteiger partial charge in [-0.3, -0.25) is 4.79 Å². The molecule has 84 valence electrons. The number of furan rings is 1. The van der Waals surface area contributed by atoms with E-state index >= 15 is 0 Å². The number of esters is 1. The molecule has 0 radical (unpaired) electrons. The van der Waals surface area contributed by atoms with Crippen LogP contribution in [0.3, 0.4) is 0 Å². The van der Waals surface area contributed by atoms with Gasteiger partial charge in [-0.05, 0) is 19.1 Å². The average molecular weight is 229 g/mol. The summed E-state index contributed by atoms with van der Waals surface area (Å²) in [6.45, 7) is 1.89. The van der Waals surface area contributed by atoms with Crippen LogP contribution in [0.5, 0.6) is 0 Å². The van der Waals surface area contributed by atoms with Gasteiger partial charge in [0, 0.05) is 6.04 Å². The Bertz CT molecular complexity index is 298. The molecule has 1 rings (SSSR count). The first-order chi connectivity index (χ1) is 7.15. The minimum atomic E-state index is -0.253. The van der Waals surface area contributed by atoms with Crippen molar-refractivity contribution in [1.82, 2.24) is 0 Å². The quantitative estimate of drug-likeness (QED) is 0.776. The predicted octanol–water partition coefficient (Wildman–Crippen LogP) is 1.57.